The summed E-state index contributed by atoms with van der Waals surface area (Å²) in [7, 11) is 3.17. The third-order valence-electron chi connectivity index (χ3n) is 3.63. The summed E-state index contributed by atoms with van der Waals surface area (Å²) in [5.74, 6) is 1.21. The molecule has 0 spiro atoms. The normalized spacial score (nSPS) is 10.3. The first-order chi connectivity index (χ1) is 11.0. The second-order valence-electron chi connectivity index (χ2n) is 5.18. The van der Waals surface area contributed by atoms with Crippen molar-refractivity contribution in [1.29, 1.82) is 0 Å². The van der Waals surface area contributed by atoms with E-state index in [1.165, 1.54) is 0 Å². The van der Waals surface area contributed by atoms with Gasteiger partial charge >= 0.3 is 0 Å². The van der Waals surface area contributed by atoms with Crippen molar-refractivity contribution in [3.05, 3.63) is 58.1 Å². The largest absolute Gasteiger partial charge is 0.493 e. The van der Waals surface area contributed by atoms with E-state index in [0.717, 1.165) is 16.7 Å². The Morgan fingerprint density at radius 3 is 2.39 bits per heavy atom. The molecule has 5 heteroatoms. The van der Waals surface area contributed by atoms with Crippen LogP contribution in [0.3, 0.4) is 0 Å². The van der Waals surface area contributed by atoms with E-state index in [4.69, 9.17) is 21.1 Å². The monoisotopic (exact) mass is 333 g/mol. The van der Waals surface area contributed by atoms with Crippen LogP contribution in [-0.4, -0.2) is 20.1 Å². The minimum atomic E-state index is -0.0692. The summed E-state index contributed by atoms with van der Waals surface area (Å²) in [5.41, 5.74) is 2.78. The molecular weight excluding hydrogens is 314 g/mol. The Labute approximate surface area is 141 Å². The van der Waals surface area contributed by atoms with Crippen LogP contribution in [0.4, 0.5) is 0 Å². The smallest absolute Gasteiger partial charge is 0.224 e. The van der Waals surface area contributed by atoms with Gasteiger partial charge in [-0.3, -0.25) is 4.79 Å². The van der Waals surface area contributed by atoms with Gasteiger partial charge < -0.3 is 14.8 Å². The SMILES string of the molecule is COc1cc(C)c(CC(=O)NCc2ccccc2Cl)cc1OC. The van der Waals surface area contributed by atoms with Gasteiger partial charge in [0.1, 0.15) is 0 Å². The first-order valence-corrected chi connectivity index (χ1v) is 7.64. The molecule has 2 rings (SSSR count). The summed E-state index contributed by atoms with van der Waals surface area (Å²) in [4.78, 5) is 12.2. The summed E-state index contributed by atoms with van der Waals surface area (Å²) in [6, 6.07) is 11.2. The van der Waals surface area contributed by atoms with Gasteiger partial charge in [0.15, 0.2) is 11.5 Å². The van der Waals surface area contributed by atoms with Crippen molar-refractivity contribution >= 4 is 17.5 Å². The molecule has 0 saturated heterocycles. The van der Waals surface area contributed by atoms with Crippen molar-refractivity contribution < 1.29 is 14.3 Å². The summed E-state index contributed by atoms with van der Waals surface area (Å²) in [6.45, 7) is 2.35. The molecule has 0 saturated carbocycles. The fourth-order valence-corrected chi connectivity index (χ4v) is 2.49. The molecule has 23 heavy (non-hydrogen) atoms. The highest BCUT2D eigenvalue weighted by Gasteiger charge is 2.12. The van der Waals surface area contributed by atoms with E-state index in [1.54, 1.807) is 14.2 Å². The van der Waals surface area contributed by atoms with E-state index in [2.05, 4.69) is 5.32 Å². The molecule has 0 unspecified atom stereocenters. The van der Waals surface area contributed by atoms with Crippen LogP contribution >= 0.6 is 11.6 Å². The lowest BCUT2D eigenvalue weighted by Crippen LogP contribution is -2.25. The molecule has 0 aliphatic rings. The summed E-state index contributed by atoms with van der Waals surface area (Å²) in [5, 5.41) is 3.53. The summed E-state index contributed by atoms with van der Waals surface area (Å²) >= 11 is 6.08. The number of amides is 1. The fraction of sp³-hybridized carbons (Fsp3) is 0.278. The third-order valence-corrected chi connectivity index (χ3v) is 4.00. The van der Waals surface area contributed by atoms with Gasteiger partial charge in [-0.15, -0.1) is 0 Å². The van der Waals surface area contributed by atoms with E-state index in [1.807, 2.05) is 43.3 Å². The number of ether oxygens (including phenoxy) is 2. The molecular formula is C18H20ClNO3. The Kier molecular flexibility index (Phi) is 5.88. The Balaban J connectivity index is 2.04. The summed E-state index contributed by atoms with van der Waals surface area (Å²) in [6.07, 6.45) is 0.274. The van der Waals surface area contributed by atoms with Crippen LogP contribution in [-0.2, 0) is 17.8 Å². The van der Waals surface area contributed by atoms with Crippen molar-refractivity contribution in [1.82, 2.24) is 5.32 Å². The van der Waals surface area contributed by atoms with Gasteiger partial charge in [-0.25, -0.2) is 0 Å². The molecule has 2 aromatic carbocycles. The van der Waals surface area contributed by atoms with Gasteiger partial charge in [0.05, 0.1) is 20.6 Å². The Morgan fingerprint density at radius 1 is 1.09 bits per heavy atom. The minimum Gasteiger partial charge on any atom is -0.493 e. The molecule has 2 aromatic rings. The molecule has 4 nitrogen and oxygen atoms in total. The molecule has 1 amide bonds. The molecule has 0 bridgehead atoms. The maximum Gasteiger partial charge on any atom is 0.224 e. The number of carbonyl (C=O) groups is 1. The lowest BCUT2D eigenvalue weighted by molar-refractivity contribution is -0.120. The molecule has 0 aliphatic heterocycles. The Morgan fingerprint density at radius 2 is 1.74 bits per heavy atom. The van der Waals surface area contributed by atoms with Gasteiger partial charge in [0, 0.05) is 11.6 Å². The predicted octanol–water partition coefficient (Wildman–Crippen LogP) is 3.52. The lowest BCUT2D eigenvalue weighted by atomic mass is 10.0. The van der Waals surface area contributed by atoms with Gasteiger partial charge in [0.2, 0.25) is 5.91 Å². The number of benzene rings is 2. The zero-order chi connectivity index (χ0) is 16.8. The zero-order valence-corrected chi connectivity index (χ0v) is 14.2. The van der Waals surface area contributed by atoms with E-state index < -0.39 is 0 Å². The number of nitrogens with one attached hydrogen (secondary N) is 1. The molecule has 122 valence electrons. The van der Waals surface area contributed by atoms with Crippen LogP contribution in [0.5, 0.6) is 11.5 Å². The van der Waals surface area contributed by atoms with Gasteiger partial charge in [0.25, 0.3) is 0 Å². The van der Waals surface area contributed by atoms with E-state index in [-0.39, 0.29) is 12.3 Å². The molecule has 0 heterocycles. The van der Waals surface area contributed by atoms with E-state index in [9.17, 15) is 4.79 Å². The number of aryl methyl sites for hydroxylation is 1. The Hall–Kier alpha value is -2.20. The average molecular weight is 334 g/mol. The summed E-state index contributed by atoms with van der Waals surface area (Å²) < 4.78 is 10.5. The number of hydrogen-bond donors (Lipinski definition) is 1. The second-order valence-corrected chi connectivity index (χ2v) is 5.59. The fourth-order valence-electron chi connectivity index (χ4n) is 2.28. The van der Waals surface area contributed by atoms with Gasteiger partial charge in [-0.1, -0.05) is 29.8 Å². The minimum absolute atomic E-state index is 0.0692. The van der Waals surface area contributed by atoms with Crippen molar-refractivity contribution in [2.75, 3.05) is 14.2 Å². The Bertz CT molecular complexity index is 701. The number of halogens is 1. The second kappa shape index (κ2) is 7.88. The molecule has 0 atom stereocenters. The van der Waals surface area contributed by atoms with Gasteiger partial charge in [-0.2, -0.15) is 0 Å². The highest BCUT2D eigenvalue weighted by atomic mass is 35.5. The van der Waals surface area contributed by atoms with Crippen molar-refractivity contribution in [2.45, 2.75) is 19.9 Å². The van der Waals surface area contributed by atoms with Crippen LogP contribution in [0.2, 0.25) is 5.02 Å². The highest BCUT2D eigenvalue weighted by Crippen LogP contribution is 2.30. The number of methoxy groups -OCH3 is 2. The molecule has 0 radical (unpaired) electrons. The first kappa shape index (κ1) is 17.2. The highest BCUT2D eigenvalue weighted by molar-refractivity contribution is 6.31. The van der Waals surface area contributed by atoms with Gasteiger partial charge in [-0.05, 0) is 41.8 Å². The third kappa shape index (κ3) is 4.39. The zero-order valence-electron chi connectivity index (χ0n) is 13.5. The quantitative estimate of drug-likeness (QED) is 0.879. The van der Waals surface area contributed by atoms with E-state index >= 15 is 0 Å². The average Bonchev–Trinajstić information content (AvgIpc) is 2.55. The standard InChI is InChI=1S/C18H20ClNO3/c1-12-8-16(22-2)17(23-3)9-14(12)10-18(21)20-11-13-6-4-5-7-15(13)19/h4-9H,10-11H2,1-3H3,(H,20,21). The lowest BCUT2D eigenvalue weighted by Gasteiger charge is -2.13. The molecule has 0 aliphatic carbocycles. The van der Waals surface area contributed by atoms with Crippen LogP contribution < -0.4 is 14.8 Å². The molecule has 1 N–H and O–H groups in total. The van der Waals surface area contributed by atoms with Crippen LogP contribution in [0.1, 0.15) is 16.7 Å². The van der Waals surface area contributed by atoms with Crippen LogP contribution in [0.15, 0.2) is 36.4 Å². The number of rotatable bonds is 6. The topological polar surface area (TPSA) is 47.6 Å². The maximum atomic E-state index is 12.2. The molecule has 0 fully saturated rings. The maximum absolute atomic E-state index is 12.2. The number of carbonyl (C=O) groups excluding carboxylic acids is 1. The first-order valence-electron chi connectivity index (χ1n) is 7.26. The van der Waals surface area contributed by atoms with Crippen LogP contribution in [0.25, 0.3) is 0 Å². The van der Waals surface area contributed by atoms with Crippen molar-refractivity contribution in [2.24, 2.45) is 0 Å². The predicted molar refractivity (Wildman–Crippen MR) is 91.3 cm³/mol. The van der Waals surface area contributed by atoms with Crippen molar-refractivity contribution in [3.8, 4) is 11.5 Å². The van der Waals surface area contributed by atoms with Crippen LogP contribution in [0, 0.1) is 6.92 Å². The van der Waals surface area contributed by atoms with Crippen molar-refractivity contribution in [3.63, 3.8) is 0 Å². The number of hydrogen-bond acceptors (Lipinski definition) is 3. The van der Waals surface area contributed by atoms with E-state index in [0.29, 0.717) is 23.1 Å². The molecule has 0 aromatic heterocycles.